The number of imidazole rings is 1. The van der Waals surface area contributed by atoms with Crippen LogP contribution in [0.5, 0.6) is 0 Å². The lowest BCUT2D eigenvalue weighted by Crippen LogP contribution is -2.60. The summed E-state index contributed by atoms with van der Waals surface area (Å²) in [5.74, 6) is -3.12. The van der Waals surface area contributed by atoms with E-state index in [0.29, 0.717) is 18.5 Å². The van der Waals surface area contributed by atoms with Gasteiger partial charge in [0.2, 0.25) is 17.7 Å². The summed E-state index contributed by atoms with van der Waals surface area (Å²) in [5.41, 5.74) is 6.12. The van der Waals surface area contributed by atoms with Crippen molar-refractivity contribution in [2.45, 2.75) is 63.4 Å². The molecule has 0 aliphatic carbocycles. The predicted octanol–water partition coefficient (Wildman–Crippen LogP) is -2.27. The van der Waals surface area contributed by atoms with Crippen LogP contribution in [-0.4, -0.2) is 85.6 Å². The summed E-state index contributed by atoms with van der Waals surface area (Å²) in [6.07, 6.45) is 2.47. The lowest BCUT2D eigenvalue weighted by molar-refractivity contribution is -0.150. The number of likely N-dealkylation sites (tertiary alicyclic amines) is 1. The molecule has 1 aromatic rings. The maximum Gasteiger partial charge on any atom is 0.326 e. The van der Waals surface area contributed by atoms with Gasteiger partial charge in [0, 0.05) is 24.9 Å². The summed E-state index contributed by atoms with van der Waals surface area (Å²) < 4.78 is 0. The molecule has 1 aromatic heterocycles. The Labute approximate surface area is 173 Å². The number of nitrogens with zero attached hydrogens (tertiary/aromatic N) is 2. The fourth-order valence-electron chi connectivity index (χ4n) is 3.24. The highest BCUT2D eigenvalue weighted by Crippen LogP contribution is 2.19. The molecule has 2 heterocycles. The van der Waals surface area contributed by atoms with Crippen LogP contribution in [0.3, 0.4) is 0 Å². The second-order valence-electron chi connectivity index (χ2n) is 7.39. The number of nitrogens with two attached hydrogens (primary N) is 1. The van der Waals surface area contributed by atoms with E-state index in [1.807, 2.05) is 0 Å². The molecule has 1 aliphatic rings. The Bertz CT molecular complexity index is 765. The number of amides is 3. The zero-order chi connectivity index (χ0) is 22.4. The van der Waals surface area contributed by atoms with Crippen molar-refractivity contribution in [2.24, 2.45) is 5.73 Å². The first-order chi connectivity index (χ1) is 14.1. The van der Waals surface area contributed by atoms with Gasteiger partial charge < -0.3 is 36.5 Å². The van der Waals surface area contributed by atoms with Gasteiger partial charge in [0.1, 0.15) is 18.1 Å². The van der Waals surface area contributed by atoms with E-state index >= 15 is 0 Å². The third kappa shape index (κ3) is 5.76. The maximum absolute atomic E-state index is 12.9. The first-order valence-electron chi connectivity index (χ1n) is 9.66. The number of aromatic amines is 1. The number of carboxylic acid groups (broad SMARTS) is 1. The number of nitrogens with one attached hydrogen (secondary N) is 3. The van der Waals surface area contributed by atoms with E-state index in [1.54, 1.807) is 0 Å². The third-order valence-electron chi connectivity index (χ3n) is 4.89. The van der Waals surface area contributed by atoms with Crippen molar-refractivity contribution in [1.29, 1.82) is 0 Å². The first-order valence-corrected chi connectivity index (χ1v) is 9.66. The van der Waals surface area contributed by atoms with Gasteiger partial charge in [-0.3, -0.25) is 14.4 Å². The Balaban J connectivity index is 2.17. The van der Waals surface area contributed by atoms with E-state index in [-0.39, 0.29) is 13.0 Å². The molecule has 12 nitrogen and oxygen atoms in total. The van der Waals surface area contributed by atoms with Crippen molar-refractivity contribution >= 4 is 23.7 Å². The van der Waals surface area contributed by atoms with Crippen LogP contribution in [0.15, 0.2) is 12.5 Å². The molecule has 1 fully saturated rings. The molecular formula is C18H28N6O6. The highest BCUT2D eigenvalue weighted by atomic mass is 16.4. The predicted molar refractivity (Wildman–Crippen MR) is 104 cm³/mol. The molecular weight excluding hydrogens is 396 g/mol. The van der Waals surface area contributed by atoms with Gasteiger partial charge >= 0.3 is 5.97 Å². The standard InChI is InChI=1S/C18H28N6O6/c1-9(19)15(26)22-12(6-11-7-20-8-21-11)16(27)23-14(10(2)25)17(28)24-5-3-4-13(24)18(29)30/h7-10,12-14,25H,3-6,19H2,1-2H3,(H,20,21)(H,22,26)(H,23,27)(H,29,30). The van der Waals surface area contributed by atoms with Gasteiger partial charge in [-0.05, 0) is 26.7 Å². The Morgan fingerprint density at radius 1 is 1.30 bits per heavy atom. The number of rotatable bonds is 9. The second-order valence-corrected chi connectivity index (χ2v) is 7.39. The average molecular weight is 424 g/mol. The maximum atomic E-state index is 12.9. The summed E-state index contributed by atoms with van der Waals surface area (Å²) in [4.78, 5) is 57.0. The monoisotopic (exact) mass is 424 g/mol. The van der Waals surface area contributed by atoms with E-state index in [0.717, 1.165) is 4.90 Å². The first kappa shape index (κ1) is 23.3. The number of hydrogen-bond acceptors (Lipinski definition) is 7. The van der Waals surface area contributed by atoms with Gasteiger partial charge in [-0.2, -0.15) is 0 Å². The molecule has 166 valence electrons. The molecule has 7 N–H and O–H groups in total. The minimum Gasteiger partial charge on any atom is -0.480 e. The van der Waals surface area contributed by atoms with Crippen LogP contribution in [0.4, 0.5) is 0 Å². The number of H-pyrrole nitrogens is 1. The van der Waals surface area contributed by atoms with Crippen LogP contribution >= 0.6 is 0 Å². The Hall–Kier alpha value is -2.99. The lowest BCUT2D eigenvalue weighted by atomic mass is 10.1. The summed E-state index contributed by atoms with van der Waals surface area (Å²) >= 11 is 0. The zero-order valence-corrected chi connectivity index (χ0v) is 16.9. The number of carbonyl (C=O) groups excluding carboxylic acids is 3. The van der Waals surface area contributed by atoms with Crippen molar-refractivity contribution in [1.82, 2.24) is 25.5 Å². The summed E-state index contributed by atoms with van der Waals surface area (Å²) in [5, 5.41) is 24.4. The van der Waals surface area contributed by atoms with Gasteiger partial charge in [0.05, 0.1) is 18.5 Å². The lowest BCUT2D eigenvalue weighted by Gasteiger charge is -2.30. The minimum atomic E-state index is -1.37. The molecule has 0 aromatic carbocycles. The fourth-order valence-corrected chi connectivity index (χ4v) is 3.24. The summed E-state index contributed by atoms with van der Waals surface area (Å²) in [7, 11) is 0. The molecule has 2 rings (SSSR count). The SMILES string of the molecule is CC(N)C(=O)NC(Cc1cnc[nH]1)C(=O)NC(C(=O)N1CCCC1C(=O)O)C(C)O. The van der Waals surface area contributed by atoms with Crippen molar-refractivity contribution in [2.75, 3.05) is 6.54 Å². The highest BCUT2D eigenvalue weighted by molar-refractivity contribution is 5.94. The largest absolute Gasteiger partial charge is 0.480 e. The van der Waals surface area contributed by atoms with Crippen molar-refractivity contribution in [3.05, 3.63) is 18.2 Å². The molecule has 0 saturated carbocycles. The van der Waals surface area contributed by atoms with Gasteiger partial charge in [-0.15, -0.1) is 0 Å². The van der Waals surface area contributed by atoms with Crippen molar-refractivity contribution < 1.29 is 29.4 Å². The van der Waals surface area contributed by atoms with E-state index in [2.05, 4.69) is 20.6 Å². The topological polar surface area (TPSA) is 191 Å². The number of hydrogen-bond donors (Lipinski definition) is 6. The molecule has 30 heavy (non-hydrogen) atoms. The molecule has 12 heteroatoms. The van der Waals surface area contributed by atoms with E-state index < -0.39 is 54.0 Å². The fraction of sp³-hybridized carbons (Fsp3) is 0.611. The smallest absolute Gasteiger partial charge is 0.326 e. The van der Waals surface area contributed by atoms with E-state index in [9.17, 15) is 29.4 Å². The zero-order valence-electron chi connectivity index (χ0n) is 16.9. The van der Waals surface area contributed by atoms with Gasteiger partial charge in [0.15, 0.2) is 0 Å². The number of aliphatic carboxylic acids is 1. The van der Waals surface area contributed by atoms with Crippen LogP contribution in [0.25, 0.3) is 0 Å². The van der Waals surface area contributed by atoms with Crippen LogP contribution in [0.2, 0.25) is 0 Å². The molecule has 0 radical (unpaired) electrons. The van der Waals surface area contributed by atoms with Crippen molar-refractivity contribution in [3.63, 3.8) is 0 Å². The van der Waals surface area contributed by atoms with E-state index in [1.165, 1.54) is 26.4 Å². The third-order valence-corrected chi connectivity index (χ3v) is 4.89. The Morgan fingerprint density at radius 2 is 2.00 bits per heavy atom. The average Bonchev–Trinajstić information content (AvgIpc) is 3.36. The van der Waals surface area contributed by atoms with Crippen LogP contribution < -0.4 is 16.4 Å². The second kappa shape index (κ2) is 10.2. The number of aliphatic hydroxyl groups excluding tert-OH is 1. The number of carboxylic acids is 1. The quantitative estimate of drug-likeness (QED) is 0.255. The Morgan fingerprint density at radius 3 is 2.53 bits per heavy atom. The van der Waals surface area contributed by atoms with E-state index in [4.69, 9.17) is 5.73 Å². The number of aromatic nitrogens is 2. The highest BCUT2D eigenvalue weighted by Gasteiger charge is 2.40. The molecule has 5 atom stereocenters. The summed E-state index contributed by atoms with van der Waals surface area (Å²) in [6.45, 7) is 3.00. The molecule has 1 saturated heterocycles. The number of aliphatic hydroxyl groups is 1. The minimum absolute atomic E-state index is 0.0481. The number of carbonyl (C=O) groups is 4. The molecule has 0 spiro atoms. The Kier molecular flexibility index (Phi) is 7.89. The summed E-state index contributed by atoms with van der Waals surface area (Å²) in [6, 6.07) is -4.33. The van der Waals surface area contributed by atoms with Crippen molar-refractivity contribution in [3.8, 4) is 0 Å². The molecule has 3 amide bonds. The van der Waals surface area contributed by atoms with Crippen LogP contribution in [0.1, 0.15) is 32.4 Å². The van der Waals surface area contributed by atoms with Gasteiger partial charge in [-0.25, -0.2) is 9.78 Å². The van der Waals surface area contributed by atoms with Crippen LogP contribution in [-0.2, 0) is 25.6 Å². The molecule has 5 unspecified atom stereocenters. The normalized spacial score (nSPS) is 20.1. The van der Waals surface area contributed by atoms with Gasteiger partial charge in [-0.1, -0.05) is 0 Å². The van der Waals surface area contributed by atoms with Gasteiger partial charge in [0.25, 0.3) is 0 Å². The van der Waals surface area contributed by atoms with Crippen LogP contribution in [0, 0.1) is 0 Å². The molecule has 0 bridgehead atoms. The molecule has 1 aliphatic heterocycles.